The lowest BCUT2D eigenvalue weighted by atomic mass is 10.1. The fourth-order valence-electron chi connectivity index (χ4n) is 1.44. The topological polar surface area (TPSA) is 60.8 Å². The van der Waals surface area contributed by atoms with Crippen molar-refractivity contribution in [2.75, 3.05) is 26.3 Å². The molecule has 4 heteroatoms. The van der Waals surface area contributed by atoms with Crippen molar-refractivity contribution in [3.63, 3.8) is 0 Å². The van der Waals surface area contributed by atoms with Gasteiger partial charge in [-0.1, -0.05) is 17.7 Å². The molecule has 0 fully saturated rings. The predicted molar refractivity (Wildman–Crippen MR) is 61.3 cm³/mol. The molecule has 0 saturated heterocycles. The number of amides is 1. The maximum atomic E-state index is 11.9. The number of benzene rings is 1. The zero-order chi connectivity index (χ0) is 12.0. The van der Waals surface area contributed by atoms with Crippen LogP contribution in [0.4, 0.5) is 0 Å². The molecule has 0 aromatic heterocycles. The van der Waals surface area contributed by atoms with Gasteiger partial charge in [0.05, 0.1) is 13.2 Å². The molecule has 0 heterocycles. The number of hydrogen-bond donors (Lipinski definition) is 2. The van der Waals surface area contributed by atoms with Crippen LogP contribution in [0.15, 0.2) is 24.3 Å². The van der Waals surface area contributed by atoms with Crippen molar-refractivity contribution in [2.24, 2.45) is 0 Å². The van der Waals surface area contributed by atoms with Gasteiger partial charge in [0.2, 0.25) is 0 Å². The van der Waals surface area contributed by atoms with Gasteiger partial charge in [-0.25, -0.2) is 0 Å². The summed E-state index contributed by atoms with van der Waals surface area (Å²) in [5.41, 5.74) is 1.67. The number of nitrogens with zero attached hydrogens (tertiary/aromatic N) is 1. The molecule has 4 nitrogen and oxygen atoms in total. The van der Waals surface area contributed by atoms with E-state index in [9.17, 15) is 4.79 Å². The minimum atomic E-state index is -0.164. The number of hydrogen-bond acceptors (Lipinski definition) is 3. The fraction of sp³-hybridized carbons (Fsp3) is 0.417. The Labute approximate surface area is 95.1 Å². The first-order valence-corrected chi connectivity index (χ1v) is 5.26. The van der Waals surface area contributed by atoms with Gasteiger partial charge in [0.15, 0.2) is 0 Å². The van der Waals surface area contributed by atoms with Crippen LogP contribution in [0.1, 0.15) is 15.9 Å². The van der Waals surface area contributed by atoms with Crippen LogP contribution in [0.5, 0.6) is 0 Å². The summed E-state index contributed by atoms with van der Waals surface area (Å²) in [4.78, 5) is 13.4. The highest BCUT2D eigenvalue weighted by atomic mass is 16.3. The molecule has 1 aromatic rings. The van der Waals surface area contributed by atoms with Crippen molar-refractivity contribution in [1.82, 2.24) is 4.90 Å². The maximum absolute atomic E-state index is 11.9. The molecule has 1 aromatic carbocycles. The van der Waals surface area contributed by atoms with E-state index in [1.807, 2.05) is 19.1 Å². The Balaban J connectivity index is 2.77. The van der Waals surface area contributed by atoms with Crippen LogP contribution >= 0.6 is 0 Å². The van der Waals surface area contributed by atoms with E-state index in [2.05, 4.69) is 0 Å². The SMILES string of the molecule is Cc1ccc(C(=O)N(CCO)CCO)cc1. The third-order valence-electron chi connectivity index (χ3n) is 2.33. The van der Waals surface area contributed by atoms with Gasteiger partial charge in [0.25, 0.3) is 5.91 Å². The van der Waals surface area contributed by atoms with Crippen LogP contribution in [0.25, 0.3) is 0 Å². The summed E-state index contributed by atoms with van der Waals surface area (Å²) in [5.74, 6) is -0.164. The van der Waals surface area contributed by atoms with Gasteiger partial charge < -0.3 is 15.1 Å². The van der Waals surface area contributed by atoms with Crippen LogP contribution in [0, 0.1) is 6.92 Å². The lowest BCUT2D eigenvalue weighted by Gasteiger charge is -2.20. The van der Waals surface area contributed by atoms with Gasteiger partial charge in [-0.2, -0.15) is 0 Å². The molecule has 1 rings (SSSR count). The molecule has 0 bridgehead atoms. The molecule has 88 valence electrons. The van der Waals surface area contributed by atoms with Crippen LogP contribution in [-0.4, -0.2) is 47.3 Å². The highest BCUT2D eigenvalue weighted by Crippen LogP contribution is 2.06. The molecule has 1 amide bonds. The van der Waals surface area contributed by atoms with E-state index >= 15 is 0 Å². The van der Waals surface area contributed by atoms with Gasteiger partial charge in [-0.3, -0.25) is 4.79 Å². The third-order valence-corrected chi connectivity index (χ3v) is 2.33. The number of rotatable bonds is 5. The first kappa shape index (κ1) is 12.7. The molecular formula is C12H17NO3. The van der Waals surface area contributed by atoms with Crippen LogP contribution in [-0.2, 0) is 0 Å². The quantitative estimate of drug-likeness (QED) is 0.760. The largest absolute Gasteiger partial charge is 0.395 e. The summed E-state index contributed by atoms with van der Waals surface area (Å²) in [5, 5.41) is 17.7. The van der Waals surface area contributed by atoms with E-state index in [0.29, 0.717) is 5.56 Å². The standard InChI is InChI=1S/C12H17NO3/c1-10-2-4-11(5-3-10)12(16)13(6-8-14)7-9-15/h2-5,14-15H,6-9H2,1H3. The van der Waals surface area contributed by atoms with E-state index in [0.717, 1.165) is 5.56 Å². The van der Waals surface area contributed by atoms with Crippen molar-refractivity contribution in [3.05, 3.63) is 35.4 Å². The van der Waals surface area contributed by atoms with E-state index in [1.54, 1.807) is 12.1 Å². The molecule has 0 unspecified atom stereocenters. The Bertz CT molecular complexity index is 329. The number of aliphatic hydroxyl groups excluding tert-OH is 2. The van der Waals surface area contributed by atoms with Crippen molar-refractivity contribution >= 4 is 5.91 Å². The van der Waals surface area contributed by atoms with Gasteiger partial charge >= 0.3 is 0 Å². The van der Waals surface area contributed by atoms with Gasteiger partial charge in [0, 0.05) is 18.7 Å². The highest BCUT2D eigenvalue weighted by Gasteiger charge is 2.14. The maximum Gasteiger partial charge on any atom is 0.254 e. The molecule has 0 aliphatic carbocycles. The Kier molecular flexibility index (Phi) is 4.95. The Morgan fingerprint density at radius 1 is 1.12 bits per heavy atom. The van der Waals surface area contributed by atoms with Crippen molar-refractivity contribution in [2.45, 2.75) is 6.92 Å². The van der Waals surface area contributed by atoms with Crippen molar-refractivity contribution in [1.29, 1.82) is 0 Å². The summed E-state index contributed by atoms with van der Waals surface area (Å²) < 4.78 is 0. The van der Waals surface area contributed by atoms with Gasteiger partial charge in [-0.15, -0.1) is 0 Å². The van der Waals surface area contributed by atoms with E-state index in [-0.39, 0.29) is 32.2 Å². The molecule has 0 atom stereocenters. The van der Waals surface area contributed by atoms with Gasteiger partial charge in [0.1, 0.15) is 0 Å². The van der Waals surface area contributed by atoms with Crippen LogP contribution < -0.4 is 0 Å². The second kappa shape index (κ2) is 6.25. The Hall–Kier alpha value is -1.39. The third kappa shape index (κ3) is 3.32. The summed E-state index contributed by atoms with van der Waals surface area (Å²) in [6, 6.07) is 7.23. The first-order chi connectivity index (χ1) is 7.69. The summed E-state index contributed by atoms with van der Waals surface area (Å²) in [7, 11) is 0. The lowest BCUT2D eigenvalue weighted by Crippen LogP contribution is -2.35. The normalized spacial score (nSPS) is 10.2. The Morgan fingerprint density at radius 2 is 1.62 bits per heavy atom. The molecule has 0 saturated carbocycles. The second-order valence-corrected chi connectivity index (χ2v) is 3.61. The summed E-state index contributed by atoms with van der Waals surface area (Å²) >= 11 is 0. The molecule has 16 heavy (non-hydrogen) atoms. The fourth-order valence-corrected chi connectivity index (χ4v) is 1.44. The molecule has 0 aliphatic rings. The molecule has 0 aliphatic heterocycles. The first-order valence-electron chi connectivity index (χ1n) is 5.26. The van der Waals surface area contributed by atoms with Crippen molar-refractivity contribution in [3.8, 4) is 0 Å². The van der Waals surface area contributed by atoms with Crippen molar-refractivity contribution < 1.29 is 15.0 Å². The smallest absolute Gasteiger partial charge is 0.254 e. The number of carbonyl (C=O) groups excluding carboxylic acids is 1. The molecular weight excluding hydrogens is 206 g/mol. The molecule has 0 spiro atoms. The van der Waals surface area contributed by atoms with E-state index < -0.39 is 0 Å². The Morgan fingerprint density at radius 3 is 2.06 bits per heavy atom. The summed E-state index contributed by atoms with van der Waals surface area (Å²) in [6.45, 7) is 2.24. The lowest BCUT2D eigenvalue weighted by molar-refractivity contribution is 0.0685. The molecule has 2 N–H and O–H groups in total. The second-order valence-electron chi connectivity index (χ2n) is 3.61. The minimum Gasteiger partial charge on any atom is -0.395 e. The summed E-state index contributed by atoms with van der Waals surface area (Å²) in [6.07, 6.45) is 0. The zero-order valence-electron chi connectivity index (χ0n) is 9.39. The number of carbonyl (C=O) groups is 1. The average molecular weight is 223 g/mol. The number of aryl methyl sites for hydroxylation is 1. The zero-order valence-corrected chi connectivity index (χ0v) is 9.39. The minimum absolute atomic E-state index is 0.0996. The highest BCUT2D eigenvalue weighted by molar-refractivity contribution is 5.94. The monoisotopic (exact) mass is 223 g/mol. The number of aliphatic hydroxyl groups is 2. The average Bonchev–Trinajstić information content (AvgIpc) is 2.29. The van der Waals surface area contributed by atoms with E-state index in [1.165, 1.54) is 4.90 Å². The van der Waals surface area contributed by atoms with Gasteiger partial charge in [-0.05, 0) is 19.1 Å². The van der Waals surface area contributed by atoms with Crippen LogP contribution in [0.2, 0.25) is 0 Å². The van der Waals surface area contributed by atoms with Crippen LogP contribution in [0.3, 0.4) is 0 Å². The van der Waals surface area contributed by atoms with E-state index in [4.69, 9.17) is 10.2 Å². The molecule has 0 radical (unpaired) electrons. The predicted octanol–water partition coefficient (Wildman–Crippen LogP) is 0.422.